The van der Waals surface area contributed by atoms with Crippen LogP contribution in [0.5, 0.6) is 0 Å². The van der Waals surface area contributed by atoms with Crippen LogP contribution in [0.4, 0.5) is 0 Å². The van der Waals surface area contributed by atoms with Crippen molar-refractivity contribution in [2.45, 2.75) is 19.1 Å². The summed E-state index contributed by atoms with van der Waals surface area (Å²) in [6, 6.07) is 3.89. The van der Waals surface area contributed by atoms with Crippen molar-refractivity contribution >= 4 is 0 Å². The Morgan fingerprint density at radius 1 is 1.57 bits per heavy atom. The highest BCUT2D eigenvalue weighted by atomic mass is 16.3. The fourth-order valence-electron chi connectivity index (χ4n) is 1.18. The van der Waals surface area contributed by atoms with Crippen LogP contribution in [0.1, 0.15) is 12.0 Å². The molecule has 0 aliphatic heterocycles. The molecule has 0 aromatic carbocycles. The number of nitrogens with two attached hydrogens (primary N) is 1. The van der Waals surface area contributed by atoms with Gasteiger partial charge in [-0.05, 0) is 24.6 Å². The second-order valence-corrected chi connectivity index (χ2v) is 3.22. The van der Waals surface area contributed by atoms with Crippen LogP contribution in [-0.2, 0) is 6.54 Å². The van der Waals surface area contributed by atoms with Gasteiger partial charge in [0.25, 0.3) is 0 Å². The molecular weight excluding hydrogens is 178 g/mol. The molecule has 0 saturated heterocycles. The van der Waals surface area contributed by atoms with Crippen molar-refractivity contribution in [3.8, 4) is 0 Å². The highest BCUT2D eigenvalue weighted by Gasteiger charge is 2.01. The van der Waals surface area contributed by atoms with Crippen molar-refractivity contribution in [1.29, 1.82) is 0 Å². The van der Waals surface area contributed by atoms with Crippen molar-refractivity contribution < 1.29 is 5.11 Å². The maximum absolute atomic E-state index is 9.37. The number of nitrogens with zero attached hydrogens (tertiary/aromatic N) is 1. The molecule has 0 saturated carbocycles. The summed E-state index contributed by atoms with van der Waals surface area (Å²) in [5, 5.41) is 12.5. The Morgan fingerprint density at radius 3 is 3.07 bits per heavy atom. The lowest BCUT2D eigenvalue weighted by Gasteiger charge is -2.10. The fraction of sp³-hybridized carbons (Fsp3) is 0.500. The van der Waals surface area contributed by atoms with Gasteiger partial charge in [0.15, 0.2) is 0 Å². The van der Waals surface area contributed by atoms with E-state index in [0.29, 0.717) is 19.5 Å². The summed E-state index contributed by atoms with van der Waals surface area (Å²) in [6.07, 6.45) is 3.84. The zero-order chi connectivity index (χ0) is 10.2. The Kier molecular flexibility index (Phi) is 5.14. The van der Waals surface area contributed by atoms with Crippen LogP contribution >= 0.6 is 0 Å². The minimum atomic E-state index is -0.350. The van der Waals surface area contributed by atoms with Gasteiger partial charge >= 0.3 is 0 Å². The van der Waals surface area contributed by atoms with E-state index in [0.717, 1.165) is 12.1 Å². The topological polar surface area (TPSA) is 71.2 Å². The van der Waals surface area contributed by atoms with E-state index < -0.39 is 0 Å². The summed E-state index contributed by atoms with van der Waals surface area (Å²) in [7, 11) is 0. The molecule has 1 aromatic heterocycles. The first kappa shape index (κ1) is 11.1. The lowest BCUT2D eigenvalue weighted by atomic mass is 10.2. The number of aliphatic hydroxyl groups is 1. The zero-order valence-electron chi connectivity index (χ0n) is 8.19. The molecule has 0 aliphatic carbocycles. The van der Waals surface area contributed by atoms with E-state index in [1.54, 1.807) is 6.20 Å². The molecule has 1 unspecified atom stereocenters. The molecule has 4 nitrogen and oxygen atoms in total. The Balaban J connectivity index is 2.16. The number of hydrogen-bond acceptors (Lipinski definition) is 4. The molecule has 1 heterocycles. The van der Waals surface area contributed by atoms with Crippen molar-refractivity contribution in [3.05, 3.63) is 30.1 Å². The van der Waals surface area contributed by atoms with E-state index in [-0.39, 0.29) is 6.10 Å². The largest absolute Gasteiger partial charge is 0.392 e. The highest BCUT2D eigenvalue weighted by Crippen LogP contribution is 1.94. The predicted octanol–water partition coefficient (Wildman–Crippen LogP) is -0.119. The smallest absolute Gasteiger partial charge is 0.0676 e. The maximum Gasteiger partial charge on any atom is 0.0676 e. The number of hydrogen-bond donors (Lipinski definition) is 3. The molecule has 14 heavy (non-hydrogen) atoms. The third kappa shape index (κ3) is 4.32. The molecule has 1 aromatic rings. The molecule has 78 valence electrons. The quantitative estimate of drug-likeness (QED) is 0.592. The van der Waals surface area contributed by atoms with Gasteiger partial charge in [0, 0.05) is 25.5 Å². The lowest BCUT2D eigenvalue weighted by molar-refractivity contribution is 0.164. The monoisotopic (exact) mass is 195 g/mol. The van der Waals surface area contributed by atoms with E-state index in [1.807, 2.05) is 18.3 Å². The van der Waals surface area contributed by atoms with Gasteiger partial charge in [-0.3, -0.25) is 4.98 Å². The number of pyridine rings is 1. The summed E-state index contributed by atoms with van der Waals surface area (Å²) in [5.41, 5.74) is 6.43. The number of aliphatic hydroxyl groups excluding tert-OH is 1. The third-order valence-corrected chi connectivity index (χ3v) is 1.93. The van der Waals surface area contributed by atoms with Crippen LogP contribution in [0.2, 0.25) is 0 Å². The zero-order valence-corrected chi connectivity index (χ0v) is 8.19. The SMILES string of the molecule is NCCC(O)CNCc1cccnc1. The average molecular weight is 195 g/mol. The molecule has 0 radical (unpaired) electrons. The van der Waals surface area contributed by atoms with E-state index in [1.165, 1.54) is 0 Å². The Bertz CT molecular complexity index is 240. The molecule has 1 atom stereocenters. The van der Waals surface area contributed by atoms with E-state index >= 15 is 0 Å². The van der Waals surface area contributed by atoms with Crippen LogP contribution < -0.4 is 11.1 Å². The van der Waals surface area contributed by atoms with Crippen LogP contribution in [0.3, 0.4) is 0 Å². The number of rotatable bonds is 6. The normalized spacial score (nSPS) is 12.7. The highest BCUT2D eigenvalue weighted by molar-refractivity contribution is 5.07. The van der Waals surface area contributed by atoms with Gasteiger partial charge in [-0.2, -0.15) is 0 Å². The third-order valence-electron chi connectivity index (χ3n) is 1.93. The van der Waals surface area contributed by atoms with Crippen molar-refractivity contribution in [2.75, 3.05) is 13.1 Å². The van der Waals surface area contributed by atoms with Crippen molar-refractivity contribution in [3.63, 3.8) is 0 Å². The minimum absolute atomic E-state index is 0.350. The molecule has 0 spiro atoms. The van der Waals surface area contributed by atoms with Gasteiger partial charge in [-0.15, -0.1) is 0 Å². The first-order chi connectivity index (χ1) is 6.83. The van der Waals surface area contributed by atoms with Gasteiger partial charge in [0.05, 0.1) is 6.10 Å². The van der Waals surface area contributed by atoms with Gasteiger partial charge in [0.1, 0.15) is 0 Å². The average Bonchev–Trinajstić information content (AvgIpc) is 2.20. The first-order valence-corrected chi connectivity index (χ1v) is 4.80. The van der Waals surface area contributed by atoms with Crippen LogP contribution in [0, 0.1) is 0 Å². The summed E-state index contributed by atoms with van der Waals surface area (Å²) in [6.45, 7) is 1.83. The van der Waals surface area contributed by atoms with Crippen LogP contribution in [-0.4, -0.2) is 29.3 Å². The number of nitrogens with one attached hydrogen (secondary N) is 1. The number of aromatic nitrogens is 1. The van der Waals surface area contributed by atoms with Crippen molar-refractivity contribution in [2.24, 2.45) is 5.73 Å². The minimum Gasteiger partial charge on any atom is -0.392 e. The first-order valence-electron chi connectivity index (χ1n) is 4.80. The maximum atomic E-state index is 9.37. The van der Waals surface area contributed by atoms with E-state index in [2.05, 4.69) is 10.3 Å². The molecule has 1 rings (SSSR count). The summed E-state index contributed by atoms with van der Waals surface area (Å²) in [5.74, 6) is 0. The Hall–Kier alpha value is -0.970. The summed E-state index contributed by atoms with van der Waals surface area (Å²) in [4.78, 5) is 4.00. The Labute approximate surface area is 84.2 Å². The second-order valence-electron chi connectivity index (χ2n) is 3.22. The van der Waals surface area contributed by atoms with Gasteiger partial charge in [0.2, 0.25) is 0 Å². The molecular formula is C10H17N3O. The Morgan fingerprint density at radius 2 is 2.43 bits per heavy atom. The molecule has 4 N–H and O–H groups in total. The fourth-order valence-corrected chi connectivity index (χ4v) is 1.18. The lowest BCUT2D eigenvalue weighted by Crippen LogP contribution is -2.28. The second kappa shape index (κ2) is 6.48. The van der Waals surface area contributed by atoms with Crippen LogP contribution in [0.25, 0.3) is 0 Å². The van der Waals surface area contributed by atoms with E-state index in [9.17, 15) is 5.11 Å². The van der Waals surface area contributed by atoms with Gasteiger partial charge < -0.3 is 16.2 Å². The summed E-state index contributed by atoms with van der Waals surface area (Å²) >= 11 is 0. The standard InChI is InChI=1S/C10H17N3O/c11-4-3-10(14)8-13-7-9-2-1-5-12-6-9/h1-2,5-6,10,13-14H,3-4,7-8,11H2. The molecule has 0 fully saturated rings. The molecule has 0 aliphatic rings. The van der Waals surface area contributed by atoms with E-state index in [4.69, 9.17) is 5.73 Å². The van der Waals surface area contributed by atoms with Gasteiger partial charge in [-0.1, -0.05) is 6.07 Å². The summed E-state index contributed by atoms with van der Waals surface area (Å²) < 4.78 is 0. The van der Waals surface area contributed by atoms with Crippen molar-refractivity contribution in [1.82, 2.24) is 10.3 Å². The van der Waals surface area contributed by atoms with Gasteiger partial charge in [-0.25, -0.2) is 0 Å². The predicted molar refractivity (Wildman–Crippen MR) is 55.6 cm³/mol. The molecule has 0 amide bonds. The molecule has 0 bridgehead atoms. The van der Waals surface area contributed by atoms with Crippen LogP contribution in [0.15, 0.2) is 24.5 Å². The molecule has 4 heteroatoms.